The molecular weight excluding hydrogens is 252 g/mol. The Labute approximate surface area is 122 Å². The Hall–Kier alpha value is -0.940. The van der Waals surface area contributed by atoms with Gasteiger partial charge in [-0.3, -0.25) is 0 Å². The van der Waals surface area contributed by atoms with Gasteiger partial charge in [0, 0.05) is 5.56 Å². The number of ether oxygens (including phenoxy) is 1. The third kappa shape index (κ3) is 4.87. The Morgan fingerprint density at radius 1 is 1.05 bits per heavy atom. The third-order valence-corrected chi connectivity index (χ3v) is 4.20. The van der Waals surface area contributed by atoms with E-state index in [1.165, 1.54) is 37.3 Å². The number of piperazine rings is 1. The van der Waals surface area contributed by atoms with Gasteiger partial charge in [0.15, 0.2) is 0 Å². The highest BCUT2D eigenvalue weighted by Crippen LogP contribution is 2.04. The van der Waals surface area contributed by atoms with E-state index >= 15 is 0 Å². The molecule has 1 aliphatic heterocycles. The summed E-state index contributed by atoms with van der Waals surface area (Å²) in [5.74, 6) is 0. The second kappa shape index (κ2) is 8.37. The van der Waals surface area contributed by atoms with Crippen molar-refractivity contribution in [1.82, 2.24) is 0 Å². The quantitative estimate of drug-likeness (QED) is 0.520. The van der Waals surface area contributed by atoms with E-state index in [9.17, 15) is 0 Å². The van der Waals surface area contributed by atoms with Crippen molar-refractivity contribution < 1.29 is 19.6 Å². The third-order valence-electron chi connectivity index (χ3n) is 4.20. The normalized spacial score (nSPS) is 22.9. The summed E-state index contributed by atoms with van der Waals surface area (Å²) in [5, 5.41) is 8.67. The summed E-state index contributed by atoms with van der Waals surface area (Å²) < 4.78 is 5.35. The van der Waals surface area contributed by atoms with Crippen LogP contribution in [0.4, 0.5) is 0 Å². The molecule has 0 atom stereocenters. The van der Waals surface area contributed by atoms with Crippen LogP contribution in [0.3, 0.4) is 0 Å². The predicted molar refractivity (Wildman–Crippen MR) is 79.0 cm³/mol. The Morgan fingerprint density at radius 2 is 1.75 bits per heavy atom. The van der Waals surface area contributed by atoms with Gasteiger partial charge in [-0.25, -0.2) is 0 Å². The number of rotatable bonds is 7. The Balaban J connectivity index is 1.68. The molecule has 4 nitrogen and oxygen atoms in total. The minimum atomic E-state index is 0.129. The van der Waals surface area contributed by atoms with Crippen molar-refractivity contribution in [3.63, 3.8) is 0 Å². The van der Waals surface area contributed by atoms with Crippen molar-refractivity contribution in [2.24, 2.45) is 0 Å². The summed E-state index contributed by atoms with van der Waals surface area (Å²) in [6.07, 6.45) is 0. The van der Waals surface area contributed by atoms with Gasteiger partial charge < -0.3 is 19.6 Å². The maximum atomic E-state index is 8.67. The molecule has 1 heterocycles. The van der Waals surface area contributed by atoms with Gasteiger partial charge in [0.2, 0.25) is 0 Å². The molecule has 0 bridgehead atoms. The van der Waals surface area contributed by atoms with E-state index in [4.69, 9.17) is 9.84 Å². The van der Waals surface area contributed by atoms with Crippen molar-refractivity contribution in [1.29, 1.82) is 0 Å². The fourth-order valence-electron chi connectivity index (χ4n) is 2.84. The van der Waals surface area contributed by atoms with Crippen LogP contribution in [-0.4, -0.2) is 57.7 Å². The predicted octanol–water partition coefficient (Wildman–Crippen LogP) is -1.71. The first-order chi connectivity index (χ1) is 9.79. The number of aryl methyl sites for hydroxylation is 1. The van der Waals surface area contributed by atoms with Crippen molar-refractivity contribution in [2.45, 2.75) is 13.5 Å². The van der Waals surface area contributed by atoms with Crippen LogP contribution < -0.4 is 9.80 Å². The van der Waals surface area contributed by atoms with Gasteiger partial charge in [-0.2, -0.15) is 0 Å². The Kier molecular flexibility index (Phi) is 6.47. The first-order valence-corrected chi connectivity index (χ1v) is 7.70. The van der Waals surface area contributed by atoms with Gasteiger partial charge in [0.05, 0.1) is 19.8 Å². The molecule has 0 aliphatic carbocycles. The van der Waals surface area contributed by atoms with Crippen LogP contribution >= 0.6 is 0 Å². The lowest BCUT2D eigenvalue weighted by molar-refractivity contribution is -1.02. The maximum absolute atomic E-state index is 8.67. The van der Waals surface area contributed by atoms with Crippen LogP contribution in [0.5, 0.6) is 0 Å². The molecule has 0 amide bonds. The lowest BCUT2D eigenvalue weighted by atomic mass is 10.1. The van der Waals surface area contributed by atoms with Gasteiger partial charge in [-0.15, -0.1) is 0 Å². The highest BCUT2D eigenvalue weighted by molar-refractivity contribution is 5.24. The highest BCUT2D eigenvalue weighted by Gasteiger charge is 2.22. The number of quaternary nitrogens is 2. The maximum Gasteiger partial charge on any atom is 0.127 e. The molecule has 0 aromatic heterocycles. The van der Waals surface area contributed by atoms with Gasteiger partial charge in [0.25, 0.3) is 0 Å². The molecule has 1 aliphatic rings. The highest BCUT2D eigenvalue weighted by atomic mass is 16.5. The summed E-state index contributed by atoms with van der Waals surface area (Å²) in [6, 6.07) is 8.71. The molecule has 3 N–H and O–H groups in total. The average Bonchev–Trinajstić information content (AvgIpc) is 2.48. The number of hydrogen-bond acceptors (Lipinski definition) is 2. The number of hydrogen-bond donors (Lipinski definition) is 3. The number of aliphatic hydroxyl groups is 1. The lowest BCUT2D eigenvalue weighted by Gasteiger charge is -2.30. The Bertz CT molecular complexity index is 390. The minimum absolute atomic E-state index is 0.129. The fraction of sp³-hybridized carbons (Fsp3) is 0.625. The second-order valence-electron chi connectivity index (χ2n) is 5.69. The number of nitrogens with one attached hydrogen (secondary N) is 2. The molecule has 4 heteroatoms. The summed E-state index contributed by atoms with van der Waals surface area (Å²) in [7, 11) is 0. The van der Waals surface area contributed by atoms with Crippen molar-refractivity contribution in [3.8, 4) is 0 Å². The lowest BCUT2D eigenvalue weighted by Crippen LogP contribution is -3.27. The monoisotopic (exact) mass is 280 g/mol. The zero-order valence-electron chi connectivity index (χ0n) is 12.5. The average molecular weight is 280 g/mol. The van der Waals surface area contributed by atoms with Crippen molar-refractivity contribution in [2.75, 3.05) is 52.5 Å². The standard InChI is InChI=1S/C16H26N2O2/c1-15-4-2-3-5-16(15)14-18-8-6-17(7-9-18)10-12-20-13-11-19/h2-5,19H,6-14H2,1H3/p+2. The van der Waals surface area contributed by atoms with Crippen molar-refractivity contribution >= 4 is 0 Å². The van der Waals surface area contributed by atoms with E-state index in [-0.39, 0.29) is 6.61 Å². The van der Waals surface area contributed by atoms with Gasteiger partial charge >= 0.3 is 0 Å². The van der Waals surface area contributed by atoms with Crippen molar-refractivity contribution in [3.05, 3.63) is 35.4 Å². The smallest absolute Gasteiger partial charge is 0.127 e. The second-order valence-corrected chi connectivity index (χ2v) is 5.69. The van der Waals surface area contributed by atoms with Gasteiger partial charge in [-0.1, -0.05) is 24.3 Å². The van der Waals surface area contributed by atoms with Crippen LogP contribution in [0.2, 0.25) is 0 Å². The van der Waals surface area contributed by atoms with E-state index in [0.29, 0.717) is 6.61 Å². The molecule has 1 fully saturated rings. The summed E-state index contributed by atoms with van der Waals surface area (Å²) in [6.45, 7) is 10.7. The van der Waals surface area contributed by atoms with E-state index in [1.807, 2.05) is 0 Å². The summed E-state index contributed by atoms with van der Waals surface area (Å²) in [4.78, 5) is 3.33. The molecule has 20 heavy (non-hydrogen) atoms. The SMILES string of the molecule is Cc1ccccc1C[NH+]1CC[NH+](CCOCCO)CC1. The van der Waals surface area contributed by atoms with Gasteiger partial charge in [-0.05, 0) is 12.5 Å². The number of benzene rings is 1. The number of aliphatic hydroxyl groups excluding tert-OH is 1. The zero-order valence-corrected chi connectivity index (χ0v) is 12.5. The van der Waals surface area contributed by atoms with E-state index in [1.54, 1.807) is 9.80 Å². The van der Waals surface area contributed by atoms with E-state index in [2.05, 4.69) is 31.2 Å². The molecular formula is C16H28N2O2+2. The largest absolute Gasteiger partial charge is 0.394 e. The van der Waals surface area contributed by atoms with Crippen LogP contribution in [0, 0.1) is 6.92 Å². The van der Waals surface area contributed by atoms with Gasteiger partial charge in [0.1, 0.15) is 39.3 Å². The van der Waals surface area contributed by atoms with Crippen LogP contribution in [0.1, 0.15) is 11.1 Å². The van der Waals surface area contributed by atoms with E-state index in [0.717, 1.165) is 19.7 Å². The molecule has 1 aromatic rings. The first-order valence-electron chi connectivity index (χ1n) is 7.70. The molecule has 1 aromatic carbocycles. The summed E-state index contributed by atoms with van der Waals surface area (Å²) >= 11 is 0. The molecule has 0 unspecified atom stereocenters. The van der Waals surface area contributed by atoms with Crippen LogP contribution in [0.25, 0.3) is 0 Å². The zero-order chi connectivity index (χ0) is 14.2. The molecule has 1 saturated heterocycles. The van der Waals surface area contributed by atoms with Crippen LogP contribution in [0.15, 0.2) is 24.3 Å². The van der Waals surface area contributed by atoms with E-state index < -0.39 is 0 Å². The minimum Gasteiger partial charge on any atom is -0.394 e. The molecule has 0 spiro atoms. The fourth-order valence-corrected chi connectivity index (χ4v) is 2.84. The molecule has 2 rings (SSSR count). The van der Waals surface area contributed by atoms with Crippen LogP contribution in [-0.2, 0) is 11.3 Å². The molecule has 112 valence electrons. The first kappa shape index (κ1) is 15.4. The Morgan fingerprint density at radius 3 is 2.45 bits per heavy atom. The topological polar surface area (TPSA) is 38.3 Å². The molecule has 0 saturated carbocycles. The molecule has 0 radical (unpaired) electrons. The summed E-state index contributed by atoms with van der Waals surface area (Å²) in [5.41, 5.74) is 2.89.